The van der Waals surface area contributed by atoms with Crippen molar-refractivity contribution in [3.05, 3.63) is 34.9 Å². The monoisotopic (exact) mass is 310 g/mol. The van der Waals surface area contributed by atoms with Crippen LogP contribution in [0.2, 0.25) is 5.02 Å². The van der Waals surface area contributed by atoms with E-state index in [0.29, 0.717) is 0 Å². The first-order valence-electron chi connectivity index (χ1n) is 5.15. The smallest absolute Gasteiger partial charge is 0.0406 e. The van der Waals surface area contributed by atoms with E-state index < -0.39 is 0 Å². The van der Waals surface area contributed by atoms with Crippen molar-refractivity contribution in [2.75, 3.05) is 5.75 Å². The van der Waals surface area contributed by atoms with Crippen LogP contribution in [0.1, 0.15) is 25.3 Å². The lowest BCUT2D eigenvalue weighted by molar-refractivity contribution is 0.898. The molecule has 0 aliphatic heterocycles. The van der Waals surface area contributed by atoms with Gasteiger partial charge in [0.05, 0.1) is 0 Å². The van der Waals surface area contributed by atoms with E-state index in [-0.39, 0.29) is 0 Å². The Kier molecular flexibility index (Phi) is 9.25. The molecule has 1 aromatic carbocycles. The highest BCUT2D eigenvalue weighted by molar-refractivity contribution is 9.26. The molecule has 0 unspecified atom stereocenters. The highest BCUT2D eigenvalue weighted by Crippen LogP contribution is 2.44. The number of halogens is 1. The fourth-order valence-corrected chi connectivity index (χ4v) is 7.22. The second-order valence-electron chi connectivity index (χ2n) is 3.20. The predicted octanol–water partition coefficient (Wildman–Crippen LogP) is 6.32. The number of hydrogen-bond donors (Lipinski definition) is 0. The second-order valence-corrected chi connectivity index (χ2v) is 9.76. The van der Waals surface area contributed by atoms with Crippen LogP contribution in [-0.2, 0) is 5.75 Å². The highest BCUT2D eigenvalue weighted by Gasteiger charge is 1.96. The average molecular weight is 311 g/mol. The summed E-state index contributed by atoms with van der Waals surface area (Å²) in [5.41, 5.74) is 1.33. The molecule has 0 saturated heterocycles. The molecule has 0 amide bonds. The van der Waals surface area contributed by atoms with Crippen molar-refractivity contribution in [1.29, 1.82) is 0 Å². The Morgan fingerprint density at radius 3 is 2.44 bits per heavy atom. The normalized spacial score (nSPS) is 10.6. The molecule has 0 radical (unpaired) electrons. The fraction of sp³-hybridized carbons (Fsp3) is 0.455. The van der Waals surface area contributed by atoms with Gasteiger partial charge in [-0.1, -0.05) is 58.7 Å². The fourth-order valence-electron chi connectivity index (χ4n) is 0.949. The van der Waals surface area contributed by atoms with Crippen molar-refractivity contribution in [3.8, 4) is 0 Å². The largest absolute Gasteiger partial charge is 0.0843 e. The van der Waals surface area contributed by atoms with Crippen LogP contribution in [0.25, 0.3) is 0 Å². The van der Waals surface area contributed by atoms with Gasteiger partial charge in [-0.3, -0.25) is 0 Å². The Labute approximate surface area is 118 Å². The first kappa shape index (κ1) is 15.0. The summed E-state index contributed by atoms with van der Waals surface area (Å²) in [5, 5.41) is 0.811. The van der Waals surface area contributed by atoms with E-state index in [1.54, 1.807) is 0 Å². The molecule has 0 heterocycles. The number of benzene rings is 1. The van der Waals surface area contributed by atoms with Crippen molar-refractivity contribution in [2.24, 2.45) is 0 Å². The van der Waals surface area contributed by atoms with Crippen LogP contribution >= 0.6 is 52.8 Å². The molecule has 0 fully saturated rings. The van der Waals surface area contributed by atoms with Gasteiger partial charge in [-0.2, -0.15) is 0 Å². The minimum atomic E-state index is 0.811. The topological polar surface area (TPSA) is 0 Å². The maximum Gasteiger partial charge on any atom is 0.0406 e. The van der Waals surface area contributed by atoms with Crippen LogP contribution in [0.15, 0.2) is 24.3 Å². The van der Waals surface area contributed by atoms with Crippen LogP contribution in [0.4, 0.5) is 0 Å². The summed E-state index contributed by atoms with van der Waals surface area (Å²) in [5.74, 6) is 2.30. The third-order valence-electron chi connectivity index (χ3n) is 1.84. The van der Waals surface area contributed by atoms with E-state index in [1.807, 2.05) is 53.4 Å². The molecule has 5 heteroatoms. The Balaban J connectivity index is 2.01. The van der Waals surface area contributed by atoms with E-state index in [9.17, 15) is 0 Å². The maximum atomic E-state index is 5.82. The van der Waals surface area contributed by atoms with Gasteiger partial charge >= 0.3 is 0 Å². The first-order valence-corrected chi connectivity index (χ1v) is 10.7. The maximum absolute atomic E-state index is 5.82. The molecule has 1 aromatic rings. The lowest BCUT2D eigenvalue weighted by Gasteiger charge is -2.00. The van der Waals surface area contributed by atoms with E-state index >= 15 is 0 Å². The van der Waals surface area contributed by atoms with E-state index in [2.05, 4.69) is 19.1 Å². The third kappa shape index (κ3) is 7.28. The molecule has 0 saturated carbocycles. The standard InChI is InChI=1S/C11H15ClS4/c1-2-3-8-13-15-16-14-9-10-4-6-11(12)7-5-10/h4-7H,2-3,8-9H2,1H3. The summed E-state index contributed by atoms with van der Waals surface area (Å²) in [6, 6.07) is 8.08. The van der Waals surface area contributed by atoms with Gasteiger partial charge in [-0.25, -0.2) is 0 Å². The quantitative estimate of drug-likeness (QED) is 0.407. The van der Waals surface area contributed by atoms with Crippen molar-refractivity contribution >= 4 is 52.8 Å². The Bertz CT molecular complexity index is 276. The van der Waals surface area contributed by atoms with Crippen molar-refractivity contribution < 1.29 is 0 Å². The van der Waals surface area contributed by atoms with Crippen LogP contribution < -0.4 is 0 Å². The molecule has 0 spiro atoms. The van der Waals surface area contributed by atoms with Gasteiger partial charge in [-0.15, -0.1) is 0 Å². The summed E-state index contributed by atoms with van der Waals surface area (Å²) in [6.45, 7) is 2.23. The lowest BCUT2D eigenvalue weighted by Crippen LogP contribution is -1.76. The van der Waals surface area contributed by atoms with Crippen molar-refractivity contribution in [2.45, 2.75) is 25.5 Å². The van der Waals surface area contributed by atoms with Gasteiger partial charge in [0, 0.05) is 16.5 Å². The lowest BCUT2D eigenvalue weighted by atomic mass is 10.2. The number of hydrogen-bond acceptors (Lipinski definition) is 4. The molecule has 90 valence electrons. The molecule has 0 aliphatic rings. The van der Waals surface area contributed by atoms with Crippen LogP contribution in [0.3, 0.4) is 0 Å². The summed E-state index contributed by atoms with van der Waals surface area (Å²) in [6.07, 6.45) is 2.61. The van der Waals surface area contributed by atoms with Gasteiger partial charge in [0.15, 0.2) is 0 Å². The third-order valence-corrected chi connectivity index (χ3v) is 8.58. The van der Waals surface area contributed by atoms with Crippen LogP contribution in [-0.4, -0.2) is 5.75 Å². The molecular formula is C11H15ClS4. The van der Waals surface area contributed by atoms with Gasteiger partial charge in [0.25, 0.3) is 0 Å². The van der Waals surface area contributed by atoms with Crippen LogP contribution in [0.5, 0.6) is 0 Å². The zero-order chi connectivity index (χ0) is 11.6. The zero-order valence-electron chi connectivity index (χ0n) is 9.15. The highest BCUT2D eigenvalue weighted by atomic mass is 35.5. The molecular weight excluding hydrogens is 296 g/mol. The number of rotatable bonds is 8. The van der Waals surface area contributed by atoms with Gasteiger partial charge < -0.3 is 0 Å². The number of unbranched alkanes of at least 4 members (excludes halogenated alkanes) is 1. The van der Waals surface area contributed by atoms with E-state index in [1.165, 1.54) is 24.2 Å². The Hall–Kier alpha value is 0.910. The SMILES string of the molecule is CCCCSSSSCc1ccc(Cl)cc1. The Morgan fingerprint density at radius 1 is 1.06 bits per heavy atom. The average Bonchev–Trinajstić information content (AvgIpc) is 2.30. The molecule has 0 aromatic heterocycles. The molecule has 0 aliphatic carbocycles. The molecule has 16 heavy (non-hydrogen) atoms. The molecule has 0 bridgehead atoms. The summed E-state index contributed by atoms with van der Waals surface area (Å²) < 4.78 is 0. The summed E-state index contributed by atoms with van der Waals surface area (Å²) in [4.78, 5) is 0. The summed E-state index contributed by atoms with van der Waals surface area (Å²) in [7, 11) is 7.59. The predicted molar refractivity (Wildman–Crippen MR) is 85.3 cm³/mol. The summed E-state index contributed by atoms with van der Waals surface area (Å²) >= 11 is 5.82. The minimum Gasteiger partial charge on any atom is -0.0843 e. The van der Waals surface area contributed by atoms with Crippen molar-refractivity contribution in [3.63, 3.8) is 0 Å². The first-order chi connectivity index (χ1) is 7.83. The Morgan fingerprint density at radius 2 is 1.75 bits per heavy atom. The van der Waals surface area contributed by atoms with Gasteiger partial charge in [0.2, 0.25) is 0 Å². The van der Waals surface area contributed by atoms with Gasteiger partial charge in [0.1, 0.15) is 0 Å². The second kappa shape index (κ2) is 9.89. The minimum absolute atomic E-state index is 0.811. The van der Waals surface area contributed by atoms with Crippen molar-refractivity contribution in [1.82, 2.24) is 0 Å². The van der Waals surface area contributed by atoms with Crippen LogP contribution in [0, 0.1) is 0 Å². The molecule has 0 nitrogen and oxygen atoms in total. The van der Waals surface area contributed by atoms with Gasteiger partial charge in [-0.05, 0) is 43.8 Å². The zero-order valence-corrected chi connectivity index (χ0v) is 13.2. The molecule has 0 N–H and O–H groups in total. The van der Waals surface area contributed by atoms with E-state index in [0.717, 1.165) is 10.8 Å². The van der Waals surface area contributed by atoms with E-state index in [4.69, 9.17) is 11.6 Å². The molecule has 0 atom stereocenters. The molecule has 1 rings (SSSR count).